The lowest BCUT2D eigenvalue weighted by Gasteiger charge is -2.35. The van der Waals surface area contributed by atoms with Crippen LogP contribution in [0.15, 0.2) is 36.4 Å². The van der Waals surface area contributed by atoms with E-state index >= 15 is 0 Å². The van der Waals surface area contributed by atoms with E-state index in [4.69, 9.17) is 0 Å². The fourth-order valence-corrected chi connectivity index (χ4v) is 4.34. The number of rotatable bonds is 2. The van der Waals surface area contributed by atoms with Crippen LogP contribution < -0.4 is 0 Å². The normalized spacial score (nSPS) is 16.3. The Balaban J connectivity index is 1.45. The third kappa shape index (κ3) is 4.03. The van der Waals surface area contributed by atoms with Crippen molar-refractivity contribution in [1.82, 2.24) is 14.7 Å². The highest BCUT2D eigenvalue weighted by Gasteiger charge is 2.42. The number of benzene rings is 2. The lowest BCUT2D eigenvalue weighted by molar-refractivity contribution is 0.0507. The summed E-state index contributed by atoms with van der Waals surface area (Å²) in [7, 11) is 0. The molecule has 0 aliphatic carbocycles. The Labute approximate surface area is 194 Å². The summed E-state index contributed by atoms with van der Waals surface area (Å²) in [6.07, 6.45) is 0. The Bertz CT molecular complexity index is 1170. The second-order valence-corrected chi connectivity index (χ2v) is 9.76. The van der Waals surface area contributed by atoms with Crippen molar-refractivity contribution in [3.8, 4) is 0 Å². The van der Waals surface area contributed by atoms with Gasteiger partial charge in [-0.1, -0.05) is 6.07 Å². The van der Waals surface area contributed by atoms with Gasteiger partial charge in [0.05, 0.1) is 11.1 Å². The number of hydrogen-bond donors (Lipinski definition) is 0. The first-order valence-corrected chi connectivity index (χ1v) is 11.2. The van der Waals surface area contributed by atoms with Crippen molar-refractivity contribution in [3.05, 3.63) is 69.8 Å². The van der Waals surface area contributed by atoms with Crippen LogP contribution in [0.4, 0.5) is 0 Å². The molecule has 4 amide bonds. The molecule has 2 aromatic rings. The van der Waals surface area contributed by atoms with Crippen LogP contribution in [0.25, 0.3) is 0 Å². The lowest BCUT2D eigenvalue weighted by Crippen LogP contribution is -2.50. The van der Waals surface area contributed by atoms with E-state index < -0.39 is 5.54 Å². The molecule has 0 spiro atoms. The Morgan fingerprint density at radius 2 is 1.18 bits per heavy atom. The zero-order chi connectivity index (χ0) is 24.1. The van der Waals surface area contributed by atoms with Crippen LogP contribution in [0.2, 0.25) is 0 Å². The van der Waals surface area contributed by atoms with Crippen molar-refractivity contribution in [2.75, 3.05) is 26.2 Å². The van der Waals surface area contributed by atoms with Gasteiger partial charge in [-0.05, 0) is 76.1 Å². The molecule has 0 atom stereocenters. The highest BCUT2D eigenvalue weighted by atomic mass is 16.2. The molecular formula is C26H29N3O4. The molecule has 0 aromatic heterocycles. The van der Waals surface area contributed by atoms with Gasteiger partial charge in [-0.15, -0.1) is 0 Å². The number of aryl methyl sites for hydroxylation is 2. The van der Waals surface area contributed by atoms with E-state index in [2.05, 4.69) is 0 Å². The Morgan fingerprint density at radius 3 is 1.70 bits per heavy atom. The molecule has 7 heteroatoms. The second-order valence-electron chi connectivity index (χ2n) is 9.76. The summed E-state index contributed by atoms with van der Waals surface area (Å²) >= 11 is 0. The molecule has 0 bridgehead atoms. The quantitative estimate of drug-likeness (QED) is 0.662. The minimum Gasteiger partial charge on any atom is -0.335 e. The van der Waals surface area contributed by atoms with Crippen LogP contribution in [-0.2, 0) is 0 Å². The SMILES string of the molecule is Cc1ccc(C(=O)N2CCN(C(=O)c3ccc4c(c3)C(=O)N(C(C)(C)C)C4=O)CC2)cc1C. The van der Waals surface area contributed by atoms with Crippen LogP contribution in [-0.4, -0.2) is 70.0 Å². The van der Waals surface area contributed by atoms with Crippen molar-refractivity contribution in [1.29, 1.82) is 0 Å². The molecule has 1 saturated heterocycles. The van der Waals surface area contributed by atoms with E-state index in [0.717, 1.165) is 11.1 Å². The van der Waals surface area contributed by atoms with Gasteiger partial charge in [0.25, 0.3) is 23.6 Å². The Kier molecular flexibility index (Phi) is 5.60. The minimum absolute atomic E-state index is 0.0332. The lowest BCUT2D eigenvalue weighted by atomic mass is 10.0. The van der Waals surface area contributed by atoms with Gasteiger partial charge in [0.2, 0.25) is 0 Å². The van der Waals surface area contributed by atoms with Crippen LogP contribution in [0.5, 0.6) is 0 Å². The summed E-state index contributed by atoms with van der Waals surface area (Å²) < 4.78 is 0. The molecule has 2 aliphatic heterocycles. The molecule has 4 rings (SSSR count). The summed E-state index contributed by atoms with van der Waals surface area (Å²) in [6, 6.07) is 10.4. The maximum absolute atomic E-state index is 13.1. The van der Waals surface area contributed by atoms with Gasteiger partial charge in [0, 0.05) is 42.8 Å². The predicted octanol–water partition coefficient (Wildman–Crippen LogP) is 3.30. The summed E-state index contributed by atoms with van der Waals surface area (Å²) in [5.74, 6) is -0.944. The maximum atomic E-state index is 13.1. The zero-order valence-electron chi connectivity index (χ0n) is 19.8. The Morgan fingerprint density at radius 1 is 0.697 bits per heavy atom. The third-order valence-electron chi connectivity index (χ3n) is 6.41. The van der Waals surface area contributed by atoms with E-state index in [1.165, 1.54) is 11.0 Å². The molecule has 33 heavy (non-hydrogen) atoms. The van der Waals surface area contributed by atoms with Gasteiger partial charge in [-0.25, -0.2) is 0 Å². The predicted molar refractivity (Wildman–Crippen MR) is 124 cm³/mol. The number of imide groups is 1. The zero-order valence-corrected chi connectivity index (χ0v) is 19.8. The van der Waals surface area contributed by atoms with Gasteiger partial charge in [-0.2, -0.15) is 0 Å². The first-order chi connectivity index (χ1) is 15.5. The molecule has 7 nitrogen and oxygen atoms in total. The van der Waals surface area contributed by atoms with Gasteiger partial charge < -0.3 is 9.80 Å². The van der Waals surface area contributed by atoms with Crippen molar-refractivity contribution in [2.24, 2.45) is 0 Å². The smallest absolute Gasteiger partial charge is 0.262 e. The van der Waals surface area contributed by atoms with Crippen LogP contribution in [0.3, 0.4) is 0 Å². The highest BCUT2D eigenvalue weighted by Crippen LogP contribution is 2.30. The average Bonchev–Trinajstić information content (AvgIpc) is 3.04. The van der Waals surface area contributed by atoms with Crippen molar-refractivity contribution >= 4 is 23.6 Å². The number of piperazine rings is 1. The molecular weight excluding hydrogens is 418 g/mol. The van der Waals surface area contributed by atoms with Crippen LogP contribution in [0.1, 0.15) is 73.3 Å². The van der Waals surface area contributed by atoms with Gasteiger partial charge in [0.1, 0.15) is 0 Å². The maximum Gasteiger partial charge on any atom is 0.262 e. The van der Waals surface area contributed by atoms with Crippen molar-refractivity contribution in [2.45, 2.75) is 40.2 Å². The van der Waals surface area contributed by atoms with E-state index in [0.29, 0.717) is 42.9 Å². The summed E-state index contributed by atoms with van der Waals surface area (Å²) in [4.78, 5) is 56.2. The fraction of sp³-hybridized carbons (Fsp3) is 0.385. The molecule has 0 saturated carbocycles. The third-order valence-corrected chi connectivity index (χ3v) is 6.41. The molecule has 2 aliphatic rings. The Hall–Kier alpha value is -3.48. The number of carbonyl (C=O) groups is 4. The van der Waals surface area contributed by atoms with Crippen LogP contribution in [0, 0.1) is 13.8 Å². The summed E-state index contributed by atoms with van der Waals surface area (Å²) in [6.45, 7) is 11.1. The van der Waals surface area contributed by atoms with Gasteiger partial charge in [0.15, 0.2) is 0 Å². The molecule has 0 unspecified atom stereocenters. The summed E-state index contributed by atoms with van der Waals surface area (Å²) in [5.41, 5.74) is 3.20. The molecule has 172 valence electrons. The first-order valence-electron chi connectivity index (χ1n) is 11.2. The molecule has 1 fully saturated rings. The molecule has 2 heterocycles. The van der Waals surface area contributed by atoms with Gasteiger partial charge >= 0.3 is 0 Å². The molecule has 2 aromatic carbocycles. The monoisotopic (exact) mass is 447 g/mol. The summed E-state index contributed by atoms with van der Waals surface area (Å²) in [5, 5.41) is 0. The number of carbonyl (C=O) groups excluding carboxylic acids is 4. The average molecular weight is 448 g/mol. The number of hydrogen-bond acceptors (Lipinski definition) is 4. The first kappa shape index (κ1) is 22.7. The fourth-order valence-electron chi connectivity index (χ4n) is 4.34. The van der Waals surface area contributed by atoms with E-state index in [9.17, 15) is 19.2 Å². The second kappa shape index (κ2) is 8.14. The van der Waals surface area contributed by atoms with E-state index in [-0.39, 0.29) is 29.2 Å². The van der Waals surface area contributed by atoms with Crippen molar-refractivity contribution < 1.29 is 19.2 Å². The van der Waals surface area contributed by atoms with Crippen molar-refractivity contribution in [3.63, 3.8) is 0 Å². The van der Waals surface area contributed by atoms with E-state index in [1.54, 1.807) is 42.7 Å². The number of amides is 4. The topological polar surface area (TPSA) is 78.0 Å². The van der Waals surface area contributed by atoms with Gasteiger partial charge in [-0.3, -0.25) is 24.1 Å². The van der Waals surface area contributed by atoms with Crippen LogP contribution >= 0.6 is 0 Å². The minimum atomic E-state index is -0.643. The highest BCUT2D eigenvalue weighted by molar-refractivity contribution is 6.22. The number of fused-ring (bicyclic) bond motifs is 1. The molecule has 0 radical (unpaired) electrons. The number of nitrogens with zero attached hydrogens (tertiary/aromatic N) is 3. The standard InChI is InChI=1S/C26H29N3O4/c1-16-6-7-18(14-17(16)2)22(30)27-10-12-28(13-11-27)23(31)19-8-9-20-21(15-19)25(33)29(24(20)32)26(3,4)5/h6-9,14-15H,10-13H2,1-5H3. The largest absolute Gasteiger partial charge is 0.335 e. The van der Waals surface area contributed by atoms with E-state index in [1.807, 2.05) is 32.0 Å². The molecule has 0 N–H and O–H groups in total.